The lowest BCUT2D eigenvalue weighted by Crippen LogP contribution is -2.10. The van der Waals surface area contributed by atoms with Crippen molar-refractivity contribution in [1.82, 2.24) is 30.2 Å². The molecule has 0 unspecified atom stereocenters. The van der Waals surface area contributed by atoms with Crippen molar-refractivity contribution in [1.29, 1.82) is 0 Å². The second-order valence-corrected chi connectivity index (χ2v) is 6.21. The van der Waals surface area contributed by atoms with E-state index in [-0.39, 0.29) is 0 Å². The van der Waals surface area contributed by atoms with E-state index < -0.39 is 0 Å². The van der Waals surface area contributed by atoms with E-state index in [1.165, 1.54) is 0 Å². The van der Waals surface area contributed by atoms with Crippen LogP contribution in [0.4, 0.5) is 5.82 Å². The van der Waals surface area contributed by atoms with E-state index in [0.29, 0.717) is 5.92 Å². The zero-order valence-corrected chi connectivity index (χ0v) is 13.5. The Morgan fingerprint density at radius 3 is 3.09 bits per heavy atom. The van der Waals surface area contributed by atoms with Gasteiger partial charge in [-0.1, -0.05) is 11.8 Å². The molecule has 1 saturated heterocycles. The number of aryl methyl sites for hydroxylation is 2. The molecule has 1 atom stereocenters. The molecule has 8 nitrogen and oxygen atoms in total. The molecule has 22 heavy (non-hydrogen) atoms. The van der Waals surface area contributed by atoms with E-state index >= 15 is 0 Å². The fraction of sp³-hybridized carbons (Fsp3) is 0.615. The van der Waals surface area contributed by atoms with Gasteiger partial charge in [-0.25, -0.2) is 14.6 Å². The molecule has 0 aliphatic carbocycles. The van der Waals surface area contributed by atoms with Crippen molar-refractivity contribution >= 4 is 17.6 Å². The normalized spacial score (nSPS) is 17.8. The Bertz CT molecular complexity index is 627. The number of hydrogen-bond donors (Lipinski definition) is 1. The fourth-order valence-electron chi connectivity index (χ4n) is 2.32. The van der Waals surface area contributed by atoms with Crippen molar-refractivity contribution < 1.29 is 4.74 Å². The Kier molecular flexibility index (Phi) is 4.84. The second kappa shape index (κ2) is 7.01. The van der Waals surface area contributed by atoms with Crippen molar-refractivity contribution in [2.45, 2.75) is 24.4 Å². The minimum absolute atomic E-state index is 0.390. The van der Waals surface area contributed by atoms with E-state index in [0.717, 1.165) is 54.4 Å². The summed E-state index contributed by atoms with van der Waals surface area (Å²) < 4.78 is 7.10. The van der Waals surface area contributed by atoms with Gasteiger partial charge < -0.3 is 10.1 Å². The number of anilines is 1. The molecule has 2 aromatic rings. The SMILES string of the molecule is Cc1nc(NCCSc2nnnn2C)cc([C@@H]2CCOC2)n1. The number of thioether (sulfide) groups is 1. The monoisotopic (exact) mass is 321 g/mol. The van der Waals surface area contributed by atoms with Crippen LogP contribution in [0.2, 0.25) is 0 Å². The highest BCUT2D eigenvalue weighted by Gasteiger charge is 2.20. The smallest absolute Gasteiger partial charge is 0.209 e. The van der Waals surface area contributed by atoms with Crippen molar-refractivity contribution in [3.8, 4) is 0 Å². The molecular formula is C13H19N7OS. The van der Waals surface area contributed by atoms with Crippen LogP contribution in [0.1, 0.15) is 23.9 Å². The highest BCUT2D eigenvalue weighted by atomic mass is 32.2. The molecule has 0 spiro atoms. The van der Waals surface area contributed by atoms with E-state index in [1.807, 2.05) is 20.0 Å². The molecule has 1 fully saturated rings. The zero-order valence-electron chi connectivity index (χ0n) is 12.7. The van der Waals surface area contributed by atoms with Gasteiger partial charge in [0, 0.05) is 37.9 Å². The Labute approximate surface area is 133 Å². The Morgan fingerprint density at radius 2 is 2.36 bits per heavy atom. The number of nitrogens with one attached hydrogen (secondary N) is 1. The van der Waals surface area contributed by atoms with Gasteiger partial charge in [0.15, 0.2) is 0 Å². The van der Waals surface area contributed by atoms with Crippen LogP contribution in [0.3, 0.4) is 0 Å². The number of aromatic nitrogens is 6. The van der Waals surface area contributed by atoms with Crippen LogP contribution in [0.15, 0.2) is 11.2 Å². The summed E-state index contributed by atoms with van der Waals surface area (Å²) in [5.41, 5.74) is 1.07. The highest BCUT2D eigenvalue weighted by molar-refractivity contribution is 7.99. The summed E-state index contributed by atoms with van der Waals surface area (Å²) in [5, 5.41) is 15.5. The van der Waals surface area contributed by atoms with Crippen LogP contribution in [-0.4, -0.2) is 55.7 Å². The van der Waals surface area contributed by atoms with Gasteiger partial charge in [-0.15, -0.1) is 5.10 Å². The van der Waals surface area contributed by atoms with Crippen molar-refractivity contribution in [2.75, 3.05) is 30.8 Å². The molecule has 1 N–H and O–H groups in total. The maximum Gasteiger partial charge on any atom is 0.209 e. The van der Waals surface area contributed by atoms with Crippen LogP contribution >= 0.6 is 11.8 Å². The van der Waals surface area contributed by atoms with Gasteiger partial charge >= 0.3 is 0 Å². The lowest BCUT2D eigenvalue weighted by Gasteiger charge is -2.11. The summed E-state index contributed by atoms with van der Waals surface area (Å²) in [6.45, 7) is 4.28. The first-order chi connectivity index (χ1) is 10.7. The third kappa shape index (κ3) is 3.72. The maximum absolute atomic E-state index is 5.44. The van der Waals surface area contributed by atoms with Gasteiger partial charge in [-0.3, -0.25) is 0 Å². The predicted octanol–water partition coefficient (Wildman–Crippen LogP) is 1.02. The number of rotatable bonds is 6. The van der Waals surface area contributed by atoms with Gasteiger partial charge in [0.25, 0.3) is 0 Å². The highest BCUT2D eigenvalue weighted by Crippen LogP contribution is 2.25. The third-order valence-corrected chi connectivity index (χ3v) is 4.44. The van der Waals surface area contributed by atoms with Gasteiger partial charge in [-0.05, 0) is 23.8 Å². The zero-order chi connectivity index (χ0) is 15.4. The largest absolute Gasteiger partial charge is 0.381 e. The summed E-state index contributed by atoms with van der Waals surface area (Å²) in [6.07, 6.45) is 1.03. The average Bonchev–Trinajstić information content (AvgIpc) is 3.15. The van der Waals surface area contributed by atoms with Crippen LogP contribution in [0.25, 0.3) is 0 Å². The quantitative estimate of drug-likeness (QED) is 0.623. The van der Waals surface area contributed by atoms with Gasteiger partial charge in [0.2, 0.25) is 5.16 Å². The molecule has 1 aliphatic heterocycles. The van der Waals surface area contributed by atoms with Gasteiger partial charge in [-0.2, -0.15) is 0 Å². The molecule has 0 saturated carbocycles. The van der Waals surface area contributed by atoms with Crippen LogP contribution in [-0.2, 0) is 11.8 Å². The standard InChI is InChI=1S/C13H19N7OS/c1-9-15-11(10-3-5-21-8-10)7-12(16-9)14-4-6-22-13-17-18-19-20(13)2/h7,10H,3-6,8H2,1-2H3,(H,14,15,16)/t10-/m1/s1. The van der Waals surface area contributed by atoms with E-state index in [1.54, 1.807) is 16.4 Å². The van der Waals surface area contributed by atoms with Gasteiger partial charge in [0.05, 0.1) is 12.3 Å². The summed E-state index contributed by atoms with van der Waals surface area (Å²) in [4.78, 5) is 8.97. The fourth-order valence-corrected chi connectivity index (χ4v) is 3.03. The summed E-state index contributed by atoms with van der Waals surface area (Å²) in [6, 6.07) is 2.03. The van der Waals surface area contributed by atoms with Crippen molar-refractivity contribution in [3.05, 3.63) is 17.6 Å². The van der Waals surface area contributed by atoms with Crippen molar-refractivity contribution in [2.24, 2.45) is 7.05 Å². The van der Waals surface area contributed by atoms with Crippen LogP contribution < -0.4 is 5.32 Å². The van der Waals surface area contributed by atoms with E-state index in [2.05, 4.69) is 30.8 Å². The Hall–Kier alpha value is -1.74. The van der Waals surface area contributed by atoms with Crippen molar-refractivity contribution in [3.63, 3.8) is 0 Å². The van der Waals surface area contributed by atoms with E-state index in [4.69, 9.17) is 4.74 Å². The Balaban J connectivity index is 1.54. The maximum atomic E-state index is 5.44. The predicted molar refractivity (Wildman–Crippen MR) is 83.0 cm³/mol. The molecule has 0 aromatic carbocycles. The molecule has 118 valence electrons. The third-order valence-electron chi connectivity index (χ3n) is 3.43. The summed E-state index contributed by atoms with van der Waals surface area (Å²) in [7, 11) is 1.83. The molecule has 2 aromatic heterocycles. The topological polar surface area (TPSA) is 90.6 Å². The first-order valence-electron chi connectivity index (χ1n) is 7.25. The lowest BCUT2D eigenvalue weighted by atomic mass is 10.0. The minimum atomic E-state index is 0.390. The number of ether oxygens (including phenoxy) is 1. The number of hydrogen-bond acceptors (Lipinski definition) is 8. The average molecular weight is 321 g/mol. The molecule has 0 bridgehead atoms. The van der Waals surface area contributed by atoms with Crippen LogP contribution in [0.5, 0.6) is 0 Å². The minimum Gasteiger partial charge on any atom is -0.381 e. The molecule has 0 radical (unpaired) electrons. The summed E-state index contributed by atoms with van der Waals surface area (Å²) in [5.74, 6) is 2.91. The number of tetrazole rings is 1. The van der Waals surface area contributed by atoms with Crippen LogP contribution in [0, 0.1) is 6.92 Å². The lowest BCUT2D eigenvalue weighted by molar-refractivity contribution is 0.193. The number of nitrogens with zero attached hydrogens (tertiary/aromatic N) is 6. The first kappa shape index (κ1) is 15.2. The molecule has 9 heteroatoms. The molecule has 1 aliphatic rings. The molecular weight excluding hydrogens is 302 g/mol. The Morgan fingerprint density at radius 1 is 1.45 bits per heavy atom. The molecule has 0 amide bonds. The van der Waals surface area contributed by atoms with E-state index in [9.17, 15) is 0 Å². The first-order valence-corrected chi connectivity index (χ1v) is 8.23. The van der Waals surface area contributed by atoms with Gasteiger partial charge in [0.1, 0.15) is 11.6 Å². The molecule has 3 heterocycles. The molecule has 3 rings (SSSR count). The summed E-state index contributed by atoms with van der Waals surface area (Å²) >= 11 is 1.61. The second-order valence-electron chi connectivity index (χ2n) is 5.15.